The van der Waals surface area contributed by atoms with Crippen molar-refractivity contribution < 1.29 is 33.9 Å². The summed E-state index contributed by atoms with van der Waals surface area (Å²) in [7, 11) is 0. The number of thioether (sulfide) groups is 1. The first-order valence-corrected chi connectivity index (χ1v) is 14.7. The third kappa shape index (κ3) is 7.15. The molecule has 4 N–H and O–H groups in total. The minimum Gasteiger partial charge on any atom is -0.425 e. The van der Waals surface area contributed by atoms with Gasteiger partial charge in [0.05, 0.1) is 6.42 Å². The number of anilines is 1. The van der Waals surface area contributed by atoms with Crippen molar-refractivity contribution in [1.82, 2.24) is 20.2 Å². The highest BCUT2D eigenvalue weighted by Gasteiger charge is 2.54. The maximum atomic E-state index is 13.4. The van der Waals surface area contributed by atoms with E-state index in [1.807, 2.05) is 26.8 Å². The smallest absolute Gasteiger partial charge is 0.358 e. The second-order valence-corrected chi connectivity index (χ2v) is 12.6. The Morgan fingerprint density at radius 1 is 1.31 bits per heavy atom. The van der Waals surface area contributed by atoms with Gasteiger partial charge in [0.2, 0.25) is 6.29 Å². The predicted octanol–water partition coefficient (Wildman–Crippen LogP) is 2.53. The number of thiazole rings is 1. The molecule has 0 bridgehead atoms. The number of β-lactam (4-membered cyclic amide) rings is 1. The highest BCUT2D eigenvalue weighted by Crippen LogP contribution is 2.41. The number of fused-ring (bicyclic) bond motifs is 1. The van der Waals surface area contributed by atoms with E-state index in [1.165, 1.54) is 29.0 Å². The number of hydrogen-bond acceptors (Lipinski definition) is 13. The Bertz CT molecular complexity index is 1460. The molecule has 1 unspecified atom stereocenters. The lowest BCUT2D eigenvalue weighted by Crippen LogP contribution is -2.71. The normalized spacial score (nSPS) is 19.7. The monoisotopic (exact) mass is 614 g/mol. The molecule has 1 saturated heterocycles. The molecule has 4 rings (SSSR count). The van der Waals surface area contributed by atoms with Crippen LogP contribution in [-0.2, 0) is 28.7 Å². The Kier molecular flexibility index (Phi) is 9.31. The molecule has 42 heavy (non-hydrogen) atoms. The summed E-state index contributed by atoms with van der Waals surface area (Å²) in [4.78, 5) is 61.2. The van der Waals surface area contributed by atoms with E-state index in [0.29, 0.717) is 11.3 Å². The summed E-state index contributed by atoms with van der Waals surface area (Å²) in [5, 5.41) is 15.9. The second kappa shape index (κ2) is 12.7. The number of pyridine rings is 1. The lowest BCUT2D eigenvalue weighted by atomic mass is 9.92. The van der Waals surface area contributed by atoms with E-state index in [4.69, 9.17) is 15.2 Å². The van der Waals surface area contributed by atoms with Gasteiger partial charge in [0.1, 0.15) is 22.8 Å². The fourth-order valence-electron chi connectivity index (χ4n) is 4.14. The number of carbonyl (C=O) groups is 4. The van der Waals surface area contributed by atoms with Gasteiger partial charge in [0.25, 0.3) is 11.8 Å². The zero-order valence-corrected chi connectivity index (χ0v) is 24.9. The third-order valence-corrected chi connectivity index (χ3v) is 7.94. The first-order chi connectivity index (χ1) is 19.9. The molecule has 4 heterocycles. The first kappa shape index (κ1) is 30.7. The summed E-state index contributed by atoms with van der Waals surface area (Å²) in [5.74, 6) is -2.51. The molecule has 0 saturated carbocycles. The van der Waals surface area contributed by atoms with Gasteiger partial charge in [-0.1, -0.05) is 44.1 Å². The molecule has 13 nitrogen and oxygen atoms in total. The minimum absolute atomic E-state index is 0.0311. The zero-order valence-electron chi connectivity index (χ0n) is 23.3. The van der Waals surface area contributed by atoms with Gasteiger partial charge in [0, 0.05) is 30.5 Å². The molecule has 2 aromatic heterocycles. The molecule has 222 valence electrons. The molecule has 0 aromatic carbocycles. The van der Waals surface area contributed by atoms with E-state index in [-0.39, 0.29) is 28.4 Å². The topological polar surface area (TPSA) is 186 Å². The Balaban J connectivity index is 1.55. The van der Waals surface area contributed by atoms with Crippen molar-refractivity contribution in [1.29, 1.82) is 0 Å². The summed E-state index contributed by atoms with van der Waals surface area (Å²) < 4.78 is 10.7. The van der Waals surface area contributed by atoms with Crippen LogP contribution in [0.15, 0.2) is 52.4 Å². The van der Waals surface area contributed by atoms with Crippen LogP contribution >= 0.6 is 23.1 Å². The number of nitrogens with two attached hydrogens (primary N) is 1. The number of nitrogens with zero attached hydrogens (tertiary/aromatic N) is 4. The summed E-state index contributed by atoms with van der Waals surface area (Å²) in [6.07, 6.45) is 5.62. The van der Waals surface area contributed by atoms with Crippen LogP contribution in [-0.4, -0.2) is 73.0 Å². The number of amides is 2. The third-order valence-electron chi connectivity index (χ3n) is 5.96. The van der Waals surface area contributed by atoms with Gasteiger partial charge < -0.3 is 25.7 Å². The predicted molar refractivity (Wildman–Crippen MR) is 156 cm³/mol. The molecule has 0 spiro atoms. The lowest BCUT2D eigenvalue weighted by Gasteiger charge is -2.49. The molecule has 2 amide bonds. The average Bonchev–Trinajstić information content (AvgIpc) is 3.35. The molecule has 15 heteroatoms. The number of carbonyl (C=O) groups excluding carboxylic acids is 4. The molecule has 0 aliphatic carbocycles. The molecule has 2 aliphatic heterocycles. The Labute approximate surface area is 249 Å². The Morgan fingerprint density at radius 2 is 2.07 bits per heavy atom. The highest BCUT2D eigenvalue weighted by molar-refractivity contribution is 8.00. The standard InChI is InChI=1S/C27H30N6O7S2/c1-14(39-18(34)10-27(2,3)4)40-25(37)21-16(8-7-15-6-5-9-29-11-15)12-41-24-20(23(36)33(21)24)31-22(35)19(32-38)17-13-42-26(28)30-17/h5-9,11,13-14,20,24,38H,10,12H2,1-4H3,(H2,28,30)(H,31,35)/b8-7-,32-19?/t14?,20-,24-/m1/s1. The maximum absolute atomic E-state index is 13.4. The van der Waals surface area contributed by atoms with Gasteiger partial charge in [-0.15, -0.1) is 23.1 Å². The summed E-state index contributed by atoms with van der Waals surface area (Å²) in [6.45, 7) is 7.05. The van der Waals surface area contributed by atoms with Crippen LogP contribution in [0.1, 0.15) is 45.4 Å². The average molecular weight is 615 g/mol. The molecule has 2 aliphatic rings. The fraction of sp³-hybridized carbons (Fsp3) is 0.370. The second-order valence-electron chi connectivity index (χ2n) is 10.6. The summed E-state index contributed by atoms with van der Waals surface area (Å²) in [6, 6.07) is 2.57. The van der Waals surface area contributed by atoms with E-state index in [2.05, 4.69) is 20.4 Å². The van der Waals surface area contributed by atoms with Crippen LogP contribution in [0.5, 0.6) is 0 Å². The van der Waals surface area contributed by atoms with Crippen molar-refractivity contribution in [2.75, 3.05) is 11.5 Å². The molecular weight excluding hydrogens is 584 g/mol. The SMILES string of the molecule is CC(OC(=O)CC(C)(C)C)OC(=O)C1=C(/C=C\c2cccnc2)CS[C@@H]2[C@H](NC(=O)C(=NO)c3csc(N)n3)C(=O)N12. The van der Waals surface area contributed by atoms with Crippen molar-refractivity contribution in [3.8, 4) is 0 Å². The number of nitrogens with one attached hydrogen (secondary N) is 1. The van der Waals surface area contributed by atoms with Crippen LogP contribution in [0.2, 0.25) is 0 Å². The largest absolute Gasteiger partial charge is 0.425 e. The van der Waals surface area contributed by atoms with Crippen LogP contribution in [0.4, 0.5) is 5.13 Å². The van der Waals surface area contributed by atoms with Crippen molar-refractivity contribution in [3.63, 3.8) is 0 Å². The molecule has 0 radical (unpaired) electrons. The molecular formula is C27H30N6O7S2. The van der Waals surface area contributed by atoms with Crippen molar-refractivity contribution >= 4 is 63.8 Å². The number of aromatic nitrogens is 2. The summed E-state index contributed by atoms with van der Waals surface area (Å²) in [5.41, 5.74) is 6.17. The van der Waals surface area contributed by atoms with E-state index in [0.717, 1.165) is 16.9 Å². The Morgan fingerprint density at radius 3 is 2.69 bits per heavy atom. The number of esters is 2. The lowest BCUT2D eigenvalue weighted by molar-refractivity contribution is -0.185. The fourth-order valence-corrected chi connectivity index (χ4v) is 6.01. The number of rotatable bonds is 9. The van der Waals surface area contributed by atoms with Gasteiger partial charge in [-0.05, 0) is 22.6 Å². The van der Waals surface area contributed by atoms with E-state index in [1.54, 1.807) is 30.6 Å². The zero-order chi connectivity index (χ0) is 30.6. The van der Waals surface area contributed by atoms with Crippen LogP contribution < -0.4 is 11.1 Å². The van der Waals surface area contributed by atoms with Gasteiger partial charge in [-0.3, -0.25) is 24.3 Å². The van der Waals surface area contributed by atoms with E-state index >= 15 is 0 Å². The van der Waals surface area contributed by atoms with Crippen LogP contribution in [0.25, 0.3) is 6.08 Å². The van der Waals surface area contributed by atoms with Gasteiger partial charge in [0.15, 0.2) is 10.8 Å². The van der Waals surface area contributed by atoms with E-state index in [9.17, 15) is 24.4 Å². The quantitative estimate of drug-likeness (QED) is 0.0941. The summed E-state index contributed by atoms with van der Waals surface area (Å²) >= 11 is 2.38. The molecule has 3 atom stereocenters. The van der Waals surface area contributed by atoms with Crippen LogP contribution in [0.3, 0.4) is 0 Å². The van der Waals surface area contributed by atoms with Gasteiger partial charge in [-0.2, -0.15) is 0 Å². The van der Waals surface area contributed by atoms with Crippen LogP contribution in [0, 0.1) is 5.41 Å². The highest BCUT2D eigenvalue weighted by atomic mass is 32.2. The van der Waals surface area contributed by atoms with Gasteiger partial charge >= 0.3 is 11.9 Å². The maximum Gasteiger partial charge on any atom is 0.358 e. The number of hydrogen-bond donors (Lipinski definition) is 3. The number of nitrogen functional groups attached to an aromatic ring is 1. The molecule has 1 fully saturated rings. The van der Waals surface area contributed by atoms with Gasteiger partial charge in [-0.25, -0.2) is 9.78 Å². The van der Waals surface area contributed by atoms with E-state index < -0.39 is 47.2 Å². The Hall–Kier alpha value is -4.24. The van der Waals surface area contributed by atoms with Crippen molar-refractivity contribution in [2.45, 2.75) is 51.8 Å². The first-order valence-electron chi connectivity index (χ1n) is 12.8. The minimum atomic E-state index is -1.21. The number of allylic oxidation sites excluding steroid dienone is 1. The number of ether oxygens (including phenoxy) is 2. The van der Waals surface area contributed by atoms with Crippen molar-refractivity contribution in [2.24, 2.45) is 10.6 Å². The molecule has 2 aromatic rings. The van der Waals surface area contributed by atoms with Crippen molar-refractivity contribution in [3.05, 3.63) is 58.5 Å². The number of oxime groups is 1.